The molecule has 6 rings (SSSR count). The Kier molecular flexibility index (Phi) is 7.55. The third kappa shape index (κ3) is 5.47. The lowest BCUT2D eigenvalue weighted by Crippen LogP contribution is -2.48. The van der Waals surface area contributed by atoms with Crippen LogP contribution in [-0.4, -0.2) is 55.1 Å². The van der Waals surface area contributed by atoms with Gasteiger partial charge in [0.1, 0.15) is 5.82 Å². The molecule has 40 heavy (non-hydrogen) atoms. The minimum Gasteiger partial charge on any atom is -0.367 e. The maximum atomic E-state index is 13.5. The number of anilines is 3. The van der Waals surface area contributed by atoms with Crippen LogP contribution < -0.4 is 15.1 Å². The molecule has 0 atom stereocenters. The van der Waals surface area contributed by atoms with E-state index in [9.17, 15) is 4.79 Å². The number of hydrogen-bond acceptors (Lipinski definition) is 5. The van der Waals surface area contributed by atoms with Crippen LogP contribution in [0.3, 0.4) is 0 Å². The fraction of sp³-hybridized carbons (Fsp3) is 0.250. The zero-order chi connectivity index (χ0) is 27.6. The van der Waals surface area contributed by atoms with E-state index in [1.54, 1.807) is 0 Å². The largest absolute Gasteiger partial charge is 0.367 e. The van der Waals surface area contributed by atoms with Gasteiger partial charge in [0.2, 0.25) is 0 Å². The number of halogens is 2. The van der Waals surface area contributed by atoms with Crippen molar-refractivity contribution in [2.45, 2.75) is 13.5 Å². The standard InChI is InChI=1S/C32H31Cl2N5O/c1-22-9-10-27(33)18-26(22)21-39-12-11-35-31-30(39)19-25(20-36-31)23-5-4-6-24(17-23)32(40)38-15-13-37(14-16-38)29-8-3-2-7-28(29)34/h2-10,17-20H,11-16,21H2,1H3,(H,35,36). The quantitative estimate of drug-likeness (QED) is 0.287. The van der Waals surface area contributed by atoms with Gasteiger partial charge in [-0.1, -0.05) is 53.5 Å². The molecule has 0 bridgehead atoms. The van der Waals surface area contributed by atoms with Gasteiger partial charge in [0, 0.05) is 68.2 Å². The van der Waals surface area contributed by atoms with Gasteiger partial charge in [0.15, 0.2) is 0 Å². The molecule has 2 aliphatic rings. The number of carbonyl (C=O) groups is 1. The van der Waals surface area contributed by atoms with Crippen LogP contribution in [0, 0.1) is 6.92 Å². The summed E-state index contributed by atoms with van der Waals surface area (Å²) < 4.78 is 0. The number of aromatic nitrogens is 1. The summed E-state index contributed by atoms with van der Waals surface area (Å²) in [5, 5.41) is 4.91. The molecule has 0 radical (unpaired) electrons. The fourth-order valence-electron chi connectivity index (χ4n) is 5.47. The number of nitrogens with zero attached hydrogens (tertiary/aromatic N) is 4. The summed E-state index contributed by atoms with van der Waals surface area (Å²) in [6.07, 6.45) is 1.88. The third-order valence-electron chi connectivity index (χ3n) is 7.76. The van der Waals surface area contributed by atoms with E-state index in [0.717, 1.165) is 71.1 Å². The van der Waals surface area contributed by atoms with Crippen LogP contribution in [-0.2, 0) is 6.54 Å². The number of benzene rings is 3. The zero-order valence-corrected chi connectivity index (χ0v) is 23.9. The summed E-state index contributed by atoms with van der Waals surface area (Å²) in [4.78, 5) is 24.7. The molecule has 0 unspecified atom stereocenters. The number of hydrogen-bond donors (Lipinski definition) is 1. The number of aryl methyl sites for hydroxylation is 1. The molecule has 1 amide bonds. The number of para-hydroxylation sites is 1. The summed E-state index contributed by atoms with van der Waals surface area (Å²) in [5.74, 6) is 0.921. The second-order valence-electron chi connectivity index (χ2n) is 10.3. The first-order valence-corrected chi connectivity index (χ1v) is 14.3. The van der Waals surface area contributed by atoms with E-state index in [4.69, 9.17) is 28.2 Å². The normalized spacial score (nSPS) is 15.0. The van der Waals surface area contributed by atoms with Crippen molar-refractivity contribution in [3.8, 4) is 11.1 Å². The highest BCUT2D eigenvalue weighted by atomic mass is 35.5. The van der Waals surface area contributed by atoms with Gasteiger partial charge in [-0.15, -0.1) is 0 Å². The molecule has 0 aliphatic carbocycles. The molecular weight excluding hydrogens is 541 g/mol. The molecule has 1 fully saturated rings. The highest BCUT2D eigenvalue weighted by Crippen LogP contribution is 2.34. The van der Waals surface area contributed by atoms with E-state index in [0.29, 0.717) is 18.7 Å². The second-order valence-corrected chi connectivity index (χ2v) is 11.2. The van der Waals surface area contributed by atoms with E-state index in [1.807, 2.05) is 71.8 Å². The average molecular weight is 573 g/mol. The first-order chi connectivity index (χ1) is 19.5. The third-order valence-corrected chi connectivity index (χ3v) is 8.31. The molecule has 1 saturated heterocycles. The highest BCUT2D eigenvalue weighted by molar-refractivity contribution is 6.33. The van der Waals surface area contributed by atoms with Crippen LogP contribution in [0.25, 0.3) is 11.1 Å². The SMILES string of the molecule is Cc1ccc(Cl)cc1CN1CCNc2ncc(-c3cccc(C(=O)N4CCN(c5ccccc5Cl)CC4)c3)cc21. The van der Waals surface area contributed by atoms with Crippen molar-refractivity contribution in [2.24, 2.45) is 0 Å². The van der Waals surface area contributed by atoms with Gasteiger partial charge < -0.3 is 20.0 Å². The van der Waals surface area contributed by atoms with Gasteiger partial charge >= 0.3 is 0 Å². The van der Waals surface area contributed by atoms with Crippen molar-refractivity contribution in [2.75, 3.05) is 54.4 Å². The number of carbonyl (C=O) groups excluding carboxylic acids is 1. The van der Waals surface area contributed by atoms with Crippen molar-refractivity contribution >= 4 is 46.3 Å². The minimum absolute atomic E-state index is 0.0475. The van der Waals surface area contributed by atoms with Crippen molar-refractivity contribution in [1.29, 1.82) is 0 Å². The molecule has 0 saturated carbocycles. The summed E-state index contributed by atoms with van der Waals surface area (Å²) in [5.41, 5.74) is 7.13. The van der Waals surface area contributed by atoms with Gasteiger partial charge in [0.25, 0.3) is 5.91 Å². The molecule has 3 aromatic carbocycles. The Hall–Kier alpha value is -3.74. The maximum absolute atomic E-state index is 13.5. The highest BCUT2D eigenvalue weighted by Gasteiger charge is 2.24. The van der Waals surface area contributed by atoms with Crippen LogP contribution in [0.2, 0.25) is 10.0 Å². The number of pyridine rings is 1. The van der Waals surface area contributed by atoms with Crippen LogP contribution in [0.4, 0.5) is 17.2 Å². The van der Waals surface area contributed by atoms with E-state index < -0.39 is 0 Å². The van der Waals surface area contributed by atoms with Gasteiger partial charge in [0.05, 0.1) is 16.4 Å². The Bertz CT molecular complexity index is 1550. The van der Waals surface area contributed by atoms with Crippen LogP contribution >= 0.6 is 23.2 Å². The molecular formula is C32H31Cl2N5O. The van der Waals surface area contributed by atoms with Crippen LogP contribution in [0.5, 0.6) is 0 Å². The second kappa shape index (κ2) is 11.4. The number of amides is 1. The van der Waals surface area contributed by atoms with Gasteiger partial charge in [-0.05, 0) is 66.1 Å². The fourth-order valence-corrected chi connectivity index (χ4v) is 5.92. The monoisotopic (exact) mass is 571 g/mol. The van der Waals surface area contributed by atoms with Crippen molar-refractivity contribution < 1.29 is 4.79 Å². The van der Waals surface area contributed by atoms with Crippen molar-refractivity contribution in [3.05, 3.63) is 106 Å². The summed E-state index contributed by atoms with van der Waals surface area (Å²) in [6, 6.07) is 23.9. The Labute approximate surface area is 245 Å². The molecule has 3 heterocycles. The number of rotatable bonds is 5. The van der Waals surface area contributed by atoms with E-state index in [-0.39, 0.29) is 5.91 Å². The lowest BCUT2D eigenvalue weighted by atomic mass is 10.0. The summed E-state index contributed by atoms with van der Waals surface area (Å²) >= 11 is 12.7. The van der Waals surface area contributed by atoms with E-state index >= 15 is 0 Å². The molecule has 0 spiro atoms. The average Bonchev–Trinajstić information content (AvgIpc) is 2.99. The van der Waals surface area contributed by atoms with E-state index in [2.05, 4.69) is 34.2 Å². The van der Waals surface area contributed by atoms with E-state index in [1.165, 1.54) is 11.1 Å². The molecule has 1 N–H and O–H groups in total. The number of nitrogens with one attached hydrogen (secondary N) is 1. The van der Waals surface area contributed by atoms with Crippen LogP contribution in [0.1, 0.15) is 21.5 Å². The molecule has 6 nitrogen and oxygen atoms in total. The Morgan fingerprint density at radius 2 is 1.70 bits per heavy atom. The van der Waals surface area contributed by atoms with Gasteiger partial charge in [-0.3, -0.25) is 4.79 Å². The lowest BCUT2D eigenvalue weighted by molar-refractivity contribution is 0.0747. The van der Waals surface area contributed by atoms with Crippen LogP contribution in [0.15, 0.2) is 79.0 Å². The van der Waals surface area contributed by atoms with Crippen molar-refractivity contribution in [1.82, 2.24) is 9.88 Å². The first kappa shape index (κ1) is 26.5. The predicted octanol–water partition coefficient (Wildman–Crippen LogP) is 6.76. The Morgan fingerprint density at radius 3 is 2.52 bits per heavy atom. The minimum atomic E-state index is 0.0475. The summed E-state index contributed by atoms with van der Waals surface area (Å²) in [6.45, 7) is 7.36. The molecule has 1 aromatic heterocycles. The lowest BCUT2D eigenvalue weighted by Gasteiger charge is -2.36. The summed E-state index contributed by atoms with van der Waals surface area (Å²) in [7, 11) is 0. The number of piperazine rings is 1. The first-order valence-electron chi connectivity index (χ1n) is 13.6. The maximum Gasteiger partial charge on any atom is 0.253 e. The predicted molar refractivity (Wildman–Crippen MR) is 165 cm³/mol. The Morgan fingerprint density at radius 1 is 0.875 bits per heavy atom. The number of fused-ring (bicyclic) bond motifs is 1. The topological polar surface area (TPSA) is 51.7 Å². The molecule has 8 heteroatoms. The molecule has 204 valence electrons. The molecule has 4 aromatic rings. The smallest absolute Gasteiger partial charge is 0.253 e. The van der Waals surface area contributed by atoms with Crippen molar-refractivity contribution in [3.63, 3.8) is 0 Å². The van der Waals surface area contributed by atoms with Gasteiger partial charge in [-0.2, -0.15) is 0 Å². The van der Waals surface area contributed by atoms with Gasteiger partial charge in [-0.25, -0.2) is 4.98 Å². The zero-order valence-electron chi connectivity index (χ0n) is 22.4. The molecule has 2 aliphatic heterocycles. The Balaban J connectivity index is 1.20.